The molecule has 1 atom stereocenters. The van der Waals surface area contributed by atoms with Crippen molar-refractivity contribution in [3.63, 3.8) is 0 Å². The number of aryl methyl sites for hydroxylation is 1. The molecule has 0 radical (unpaired) electrons. The maximum absolute atomic E-state index is 11.8. The zero-order chi connectivity index (χ0) is 18.9. The quantitative estimate of drug-likeness (QED) is 0.647. The number of aliphatic carboxylic acids is 1. The topological polar surface area (TPSA) is 124 Å². The second-order valence-electron chi connectivity index (χ2n) is 5.34. The van der Waals surface area contributed by atoms with Crippen molar-refractivity contribution in [1.29, 1.82) is 0 Å². The third-order valence-electron chi connectivity index (χ3n) is 3.50. The maximum Gasteiger partial charge on any atom is 0.334 e. The molecule has 1 aromatic carbocycles. The van der Waals surface area contributed by atoms with Gasteiger partial charge in [0.15, 0.2) is 6.10 Å². The summed E-state index contributed by atoms with van der Waals surface area (Å²) in [5.74, 6) is 0.0468. The largest absolute Gasteiger partial charge is 0.494 e. The standard InChI is InChI=1S/C17H21N3O6/c1-3-25-12-6-4-11(5-7-12)16-19-15(26-20-16)9-8-14(21)18-10-13(24-2)17(22)23/h4-7,13H,3,8-10H2,1-2H3,(H,18,21)(H,22,23). The summed E-state index contributed by atoms with van der Waals surface area (Å²) in [6.45, 7) is 2.39. The van der Waals surface area contributed by atoms with Crippen LogP contribution in [0.25, 0.3) is 11.4 Å². The number of carboxylic acids is 1. The minimum absolute atomic E-state index is 0.0982. The highest BCUT2D eigenvalue weighted by Gasteiger charge is 2.17. The number of benzene rings is 1. The number of rotatable bonds is 10. The second-order valence-corrected chi connectivity index (χ2v) is 5.34. The van der Waals surface area contributed by atoms with Crippen molar-refractivity contribution in [1.82, 2.24) is 15.5 Å². The number of hydrogen-bond donors (Lipinski definition) is 2. The monoisotopic (exact) mass is 363 g/mol. The van der Waals surface area contributed by atoms with E-state index in [2.05, 4.69) is 15.5 Å². The number of aromatic nitrogens is 2. The predicted octanol–water partition coefficient (Wildman–Crippen LogP) is 1.28. The summed E-state index contributed by atoms with van der Waals surface area (Å²) in [5, 5.41) is 15.2. The molecule has 26 heavy (non-hydrogen) atoms. The van der Waals surface area contributed by atoms with Crippen molar-refractivity contribution < 1.29 is 28.7 Å². The number of nitrogens with zero attached hydrogens (tertiary/aromatic N) is 2. The lowest BCUT2D eigenvalue weighted by atomic mass is 10.2. The smallest absolute Gasteiger partial charge is 0.334 e. The van der Waals surface area contributed by atoms with E-state index in [1.54, 1.807) is 0 Å². The van der Waals surface area contributed by atoms with Gasteiger partial charge in [0.25, 0.3) is 0 Å². The molecule has 0 fully saturated rings. The first-order chi connectivity index (χ1) is 12.5. The SMILES string of the molecule is CCOc1ccc(-c2noc(CCC(=O)NCC(OC)C(=O)O)n2)cc1. The van der Waals surface area contributed by atoms with Gasteiger partial charge >= 0.3 is 5.97 Å². The average molecular weight is 363 g/mol. The van der Waals surface area contributed by atoms with Gasteiger partial charge in [-0.2, -0.15) is 4.98 Å². The Morgan fingerprint density at radius 2 is 2.04 bits per heavy atom. The number of nitrogens with one attached hydrogen (secondary N) is 1. The van der Waals surface area contributed by atoms with Crippen LogP contribution >= 0.6 is 0 Å². The van der Waals surface area contributed by atoms with E-state index in [9.17, 15) is 9.59 Å². The molecule has 0 spiro atoms. The lowest BCUT2D eigenvalue weighted by molar-refractivity contribution is -0.148. The van der Waals surface area contributed by atoms with Crippen LogP contribution in [0.2, 0.25) is 0 Å². The summed E-state index contributed by atoms with van der Waals surface area (Å²) >= 11 is 0. The molecule has 0 bridgehead atoms. The van der Waals surface area contributed by atoms with Gasteiger partial charge in [0.2, 0.25) is 17.6 Å². The number of methoxy groups -OCH3 is 1. The van der Waals surface area contributed by atoms with E-state index in [0.717, 1.165) is 11.3 Å². The molecule has 0 saturated carbocycles. The van der Waals surface area contributed by atoms with Crippen LogP contribution in [0, 0.1) is 0 Å². The van der Waals surface area contributed by atoms with Gasteiger partial charge in [0.1, 0.15) is 5.75 Å². The highest BCUT2D eigenvalue weighted by molar-refractivity contribution is 5.78. The summed E-state index contributed by atoms with van der Waals surface area (Å²) in [5.41, 5.74) is 0.775. The number of carbonyl (C=O) groups is 2. The first kappa shape index (κ1) is 19.4. The normalized spacial score (nSPS) is 11.8. The van der Waals surface area contributed by atoms with E-state index in [-0.39, 0.29) is 25.3 Å². The molecule has 140 valence electrons. The molecule has 1 amide bonds. The molecular weight excluding hydrogens is 342 g/mol. The van der Waals surface area contributed by atoms with Crippen LogP contribution in [-0.2, 0) is 20.7 Å². The highest BCUT2D eigenvalue weighted by atomic mass is 16.5. The zero-order valence-corrected chi connectivity index (χ0v) is 14.6. The lowest BCUT2D eigenvalue weighted by Crippen LogP contribution is -2.37. The molecule has 2 N–H and O–H groups in total. The van der Waals surface area contributed by atoms with E-state index in [4.69, 9.17) is 19.1 Å². The molecule has 0 saturated heterocycles. The van der Waals surface area contributed by atoms with Crippen LogP contribution in [0.1, 0.15) is 19.2 Å². The molecule has 0 aliphatic heterocycles. The van der Waals surface area contributed by atoms with E-state index >= 15 is 0 Å². The molecule has 1 heterocycles. The van der Waals surface area contributed by atoms with E-state index in [1.165, 1.54) is 7.11 Å². The van der Waals surface area contributed by atoms with Crippen molar-refractivity contribution >= 4 is 11.9 Å². The summed E-state index contributed by atoms with van der Waals surface area (Å²) in [6.07, 6.45) is -0.727. The number of carbonyl (C=O) groups excluding carboxylic acids is 1. The molecule has 9 heteroatoms. The Morgan fingerprint density at radius 3 is 2.65 bits per heavy atom. The van der Waals surface area contributed by atoms with Crippen LogP contribution in [0.15, 0.2) is 28.8 Å². The molecule has 0 aliphatic carbocycles. The second kappa shape index (κ2) is 9.52. The fourth-order valence-electron chi connectivity index (χ4n) is 2.13. The van der Waals surface area contributed by atoms with Crippen molar-refractivity contribution in [2.75, 3.05) is 20.3 Å². The first-order valence-electron chi connectivity index (χ1n) is 8.11. The molecule has 9 nitrogen and oxygen atoms in total. The molecule has 1 aromatic heterocycles. The Hall–Kier alpha value is -2.94. The summed E-state index contributed by atoms with van der Waals surface area (Å²) in [4.78, 5) is 26.8. The number of ether oxygens (including phenoxy) is 2. The number of amides is 1. The van der Waals surface area contributed by atoms with Crippen LogP contribution in [0.3, 0.4) is 0 Å². The van der Waals surface area contributed by atoms with Gasteiger partial charge in [-0.25, -0.2) is 4.79 Å². The Bertz CT molecular complexity index is 728. The maximum atomic E-state index is 11.8. The van der Waals surface area contributed by atoms with E-state index < -0.39 is 12.1 Å². The first-order valence-corrected chi connectivity index (χ1v) is 8.11. The third kappa shape index (κ3) is 5.55. The molecule has 2 rings (SSSR count). The zero-order valence-electron chi connectivity index (χ0n) is 14.6. The van der Waals surface area contributed by atoms with Crippen molar-refractivity contribution in [2.45, 2.75) is 25.9 Å². The van der Waals surface area contributed by atoms with Gasteiger partial charge in [-0.3, -0.25) is 4.79 Å². The Kier molecular flexibility index (Phi) is 7.10. The van der Waals surface area contributed by atoms with Gasteiger partial charge in [-0.05, 0) is 31.2 Å². The van der Waals surface area contributed by atoms with Gasteiger partial charge < -0.3 is 24.4 Å². The minimum atomic E-state index is -1.13. The molecule has 1 unspecified atom stereocenters. The van der Waals surface area contributed by atoms with Crippen molar-refractivity contribution in [2.24, 2.45) is 0 Å². The van der Waals surface area contributed by atoms with Crippen LogP contribution in [-0.4, -0.2) is 53.5 Å². The highest BCUT2D eigenvalue weighted by Crippen LogP contribution is 2.20. The Balaban J connectivity index is 1.84. The Morgan fingerprint density at radius 1 is 1.31 bits per heavy atom. The van der Waals surface area contributed by atoms with Gasteiger partial charge in [0, 0.05) is 25.5 Å². The number of carboxylic acid groups (broad SMARTS) is 1. The third-order valence-corrected chi connectivity index (χ3v) is 3.50. The van der Waals surface area contributed by atoms with E-state index in [0.29, 0.717) is 18.3 Å². The minimum Gasteiger partial charge on any atom is -0.494 e. The number of hydrogen-bond acceptors (Lipinski definition) is 7. The van der Waals surface area contributed by atoms with Crippen LogP contribution in [0.5, 0.6) is 5.75 Å². The summed E-state index contributed by atoms with van der Waals surface area (Å²) in [7, 11) is 1.27. The average Bonchev–Trinajstić information content (AvgIpc) is 3.10. The summed E-state index contributed by atoms with van der Waals surface area (Å²) < 4.78 is 15.3. The van der Waals surface area contributed by atoms with Gasteiger partial charge in [-0.15, -0.1) is 0 Å². The fourth-order valence-corrected chi connectivity index (χ4v) is 2.13. The van der Waals surface area contributed by atoms with E-state index in [1.807, 2.05) is 31.2 Å². The van der Waals surface area contributed by atoms with Gasteiger partial charge in [-0.1, -0.05) is 5.16 Å². The molecule has 0 aliphatic rings. The predicted molar refractivity (Wildman–Crippen MR) is 90.7 cm³/mol. The van der Waals surface area contributed by atoms with Crippen LogP contribution < -0.4 is 10.1 Å². The van der Waals surface area contributed by atoms with Crippen LogP contribution in [0.4, 0.5) is 0 Å². The van der Waals surface area contributed by atoms with Crippen molar-refractivity contribution in [3.05, 3.63) is 30.2 Å². The summed E-state index contributed by atoms with van der Waals surface area (Å²) in [6, 6.07) is 7.28. The lowest BCUT2D eigenvalue weighted by Gasteiger charge is -2.10. The molecule has 2 aromatic rings. The Labute approximate surface area is 150 Å². The van der Waals surface area contributed by atoms with Crippen molar-refractivity contribution in [3.8, 4) is 17.1 Å². The fraction of sp³-hybridized carbons (Fsp3) is 0.412. The molecular formula is C17H21N3O6. The van der Waals surface area contributed by atoms with Gasteiger partial charge in [0.05, 0.1) is 13.2 Å².